The molecule has 1 saturated heterocycles. The summed E-state index contributed by atoms with van der Waals surface area (Å²) in [7, 11) is 2.01. The van der Waals surface area contributed by atoms with Gasteiger partial charge in [0.15, 0.2) is 10.9 Å². The molecule has 1 aliphatic heterocycles. The first-order valence-electron chi connectivity index (χ1n) is 8.34. The lowest BCUT2D eigenvalue weighted by molar-refractivity contribution is -0.159. The molecule has 0 atom stereocenters. The Hall–Kier alpha value is -2.73. The number of thiocarbonyl (C=S) groups is 1. The molecule has 4 N–H and O–H groups in total. The SMILES string of the molecule is CN1CCC(C(=O)c2cccc(NC(=S)NC(F)(F)F)c2)CC1.O=C(O)C(=O)O. The average molecular weight is 435 g/mol. The van der Waals surface area contributed by atoms with Gasteiger partial charge in [-0.25, -0.2) is 9.59 Å². The quantitative estimate of drug-likeness (QED) is 0.245. The fourth-order valence-electron chi connectivity index (χ4n) is 2.55. The van der Waals surface area contributed by atoms with Gasteiger partial charge in [0, 0.05) is 17.2 Å². The number of nitrogens with one attached hydrogen (secondary N) is 2. The second kappa shape index (κ2) is 10.7. The summed E-state index contributed by atoms with van der Waals surface area (Å²) in [5.74, 6) is -3.66. The number of likely N-dealkylation sites (tertiary alicyclic amines) is 1. The van der Waals surface area contributed by atoms with Gasteiger partial charge in [0.1, 0.15) is 0 Å². The predicted octanol–water partition coefficient (Wildman–Crippen LogP) is 2.17. The number of hydrogen-bond acceptors (Lipinski definition) is 5. The van der Waals surface area contributed by atoms with E-state index < -0.39 is 23.4 Å². The maximum Gasteiger partial charge on any atom is 0.484 e. The Kier molecular flexibility index (Phi) is 8.98. The largest absolute Gasteiger partial charge is 0.484 e. The lowest BCUT2D eigenvalue weighted by atomic mass is 9.89. The highest BCUT2D eigenvalue weighted by atomic mass is 32.1. The van der Waals surface area contributed by atoms with E-state index in [2.05, 4.69) is 22.4 Å². The number of piperidine rings is 1. The van der Waals surface area contributed by atoms with Crippen molar-refractivity contribution < 1.29 is 37.8 Å². The third-order valence-electron chi connectivity index (χ3n) is 3.93. The van der Waals surface area contributed by atoms with Crippen LogP contribution in [0.5, 0.6) is 0 Å². The molecule has 29 heavy (non-hydrogen) atoms. The van der Waals surface area contributed by atoms with Crippen molar-refractivity contribution in [3.8, 4) is 0 Å². The zero-order chi connectivity index (χ0) is 22.2. The first-order valence-corrected chi connectivity index (χ1v) is 8.75. The molecule has 0 aromatic heterocycles. The molecule has 0 bridgehead atoms. The molecular formula is C17H20F3N3O5S. The van der Waals surface area contributed by atoms with E-state index in [9.17, 15) is 18.0 Å². The smallest absolute Gasteiger partial charge is 0.473 e. The molecule has 160 valence electrons. The van der Waals surface area contributed by atoms with Gasteiger partial charge in [-0.05, 0) is 57.3 Å². The molecule has 0 unspecified atom stereocenters. The normalized spacial score (nSPS) is 14.9. The standard InChI is InChI=1S/C15H18F3N3OS.C2H2O4/c1-21-7-5-10(6-8-21)13(22)11-3-2-4-12(9-11)19-14(23)20-15(16,17)18;3-1(4)2(5)6/h2-4,9-10H,5-8H2,1H3,(H2,19,20,23);(H,3,4)(H,5,6). The van der Waals surface area contributed by atoms with Crippen LogP contribution in [0, 0.1) is 5.92 Å². The van der Waals surface area contributed by atoms with E-state index in [1.54, 1.807) is 18.2 Å². The van der Waals surface area contributed by atoms with Crippen LogP contribution in [0.2, 0.25) is 0 Å². The highest BCUT2D eigenvalue weighted by Gasteiger charge is 2.28. The molecular weight excluding hydrogens is 415 g/mol. The van der Waals surface area contributed by atoms with Crippen molar-refractivity contribution in [1.29, 1.82) is 0 Å². The maximum atomic E-state index is 12.5. The van der Waals surface area contributed by atoms with Crippen LogP contribution in [-0.4, -0.2) is 64.4 Å². The van der Waals surface area contributed by atoms with Crippen LogP contribution >= 0.6 is 12.2 Å². The van der Waals surface area contributed by atoms with E-state index in [0.29, 0.717) is 11.3 Å². The monoisotopic (exact) mass is 435 g/mol. The Morgan fingerprint density at radius 2 is 1.69 bits per heavy atom. The van der Waals surface area contributed by atoms with Crippen molar-refractivity contribution in [2.45, 2.75) is 19.1 Å². The number of anilines is 1. The van der Waals surface area contributed by atoms with Gasteiger partial charge < -0.3 is 20.4 Å². The molecule has 0 radical (unpaired) electrons. The highest BCUT2D eigenvalue weighted by molar-refractivity contribution is 7.80. The number of benzene rings is 1. The number of carboxylic acids is 2. The molecule has 1 aromatic carbocycles. The van der Waals surface area contributed by atoms with Crippen molar-refractivity contribution >= 4 is 40.7 Å². The molecule has 8 nitrogen and oxygen atoms in total. The first kappa shape index (κ1) is 24.3. The van der Waals surface area contributed by atoms with E-state index in [0.717, 1.165) is 25.9 Å². The van der Waals surface area contributed by atoms with Crippen LogP contribution in [0.4, 0.5) is 18.9 Å². The topological polar surface area (TPSA) is 119 Å². The molecule has 0 aliphatic carbocycles. The van der Waals surface area contributed by atoms with E-state index >= 15 is 0 Å². The number of alkyl halides is 3. The van der Waals surface area contributed by atoms with Crippen LogP contribution in [0.1, 0.15) is 23.2 Å². The van der Waals surface area contributed by atoms with Crippen molar-refractivity contribution in [3.05, 3.63) is 29.8 Å². The van der Waals surface area contributed by atoms with Crippen LogP contribution < -0.4 is 10.6 Å². The minimum Gasteiger partial charge on any atom is -0.473 e. The molecule has 0 spiro atoms. The van der Waals surface area contributed by atoms with Crippen LogP contribution in [0.15, 0.2) is 24.3 Å². The summed E-state index contributed by atoms with van der Waals surface area (Å²) in [5.41, 5.74) is 0.838. The molecule has 12 heteroatoms. The molecule has 1 aromatic rings. The highest BCUT2D eigenvalue weighted by Crippen LogP contribution is 2.22. The first-order chi connectivity index (χ1) is 13.4. The second-order valence-electron chi connectivity index (χ2n) is 6.21. The fourth-order valence-corrected chi connectivity index (χ4v) is 2.78. The van der Waals surface area contributed by atoms with Crippen LogP contribution in [0.3, 0.4) is 0 Å². The van der Waals surface area contributed by atoms with Gasteiger partial charge in [-0.2, -0.15) is 13.2 Å². The number of rotatable bonds is 3. The van der Waals surface area contributed by atoms with E-state index in [4.69, 9.17) is 19.8 Å². The van der Waals surface area contributed by atoms with Crippen molar-refractivity contribution in [2.24, 2.45) is 5.92 Å². The minimum absolute atomic E-state index is 0.0245. The summed E-state index contributed by atoms with van der Waals surface area (Å²) in [4.78, 5) is 32.9. The average Bonchev–Trinajstić information content (AvgIpc) is 2.60. The fraction of sp³-hybridized carbons (Fsp3) is 0.412. The Morgan fingerprint density at radius 3 is 2.17 bits per heavy atom. The number of carbonyl (C=O) groups excluding carboxylic acids is 1. The van der Waals surface area contributed by atoms with Crippen molar-refractivity contribution in [2.75, 3.05) is 25.5 Å². The number of ketones is 1. The number of carbonyl (C=O) groups is 3. The number of carboxylic acid groups (broad SMARTS) is 2. The summed E-state index contributed by atoms with van der Waals surface area (Å²) >= 11 is 4.60. The molecule has 0 saturated carbocycles. The zero-order valence-electron chi connectivity index (χ0n) is 15.3. The van der Waals surface area contributed by atoms with Gasteiger partial charge in [0.05, 0.1) is 0 Å². The predicted molar refractivity (Wildman–Crippen MR) is 102 cm³/mol. The summed E-state index contributed by atoms with van der Waals surface area (Å²) in [6.45, 7) is 1.74. The minimum atomic E-state index is -4.59. The zero-order valence-corrected chi connectivity index (χ0v) is 16.1. The molecule has 1 heterocycles. The van der Waals surface area contributed by atoms with Crippen LogP contribution in [-0.2, 0) is 9.59 Å². The lowest BCUT2D eigenvalue weighted by Gasteiger charge is -2.28. The molecule has 1 aliphatic rings. The number of halogens is 3. The molecule has 1 fully saturated rings. The Bertz CT molecular complexity index is 753. The van der Waals surface area contributed by atoms with E-state index in [-0.39, 0.29) is 11.7 Å². The Morgan fingerprint density at radius 1 is 1.14 bits per heavy atom. The number of Topliss-reactive ketones (excluding diaryl/α,β-unsaturated/α-hetero) is 1. The molecule has 2 rings (SSSR count). The van der Waals surface area contributed by atoms with Gasteiger partial charge in [-0.1, -0.05) is 12.1 Å². The second-order valence-corrected chi connectivity index (χ2v) is 6.62. The van der Waals surface area contributed by atoms with Gasteiger partial charge >= 0.3 is 18.2 Å². The number of aliphatic carboxylic acids is 2. The third-order valence-corrected chi connectivity index (χ3v) is 4.14. The third kappa shape index (κ3) is 9.34. The Labute approximate surface area is 169 Å². The maximum absolute atomic E-state index is 12.5. The van der Waals surface area contributed by atoms with Crippen LogP contribution in [0.25, 0.3) is 0 Å². The van der Waals surface area contributed by atoms with Gasteiger partial charge in [-0.15, -0.1) is 0 Å². The lowest BCUT2D eigenvalue weighted by Crippen LogP contribution is -2.39. The van der Waals surface area contributed by atoms with Crippen molar-refractivity contribution in [3.63, 3.8) is 0 Å². The number of nitrogens with zero attached hydrogens (tertiary/aromatic N) is 1. The summed E-state index contributed by atoms with van der Waals surface area (Å²) in [6.07, 6.45) is -3.01. The summed E-state index contributed by atoms with van der Waals surface area (Å²) in [6, 6.07) is 6.40. The number of hydrogen-bond donors (Lipinski definition) is 4. The van der Waals surface area contributed by atoms with E-state index in [1.165, 1.54) is 11.4 Å². The Balaban J connectivity index is 0.000000612. The van der Waals surface area contributed by atoms with E-state index in [1.807, 2.05) is 7.05 Å². The summed E-state index contributed by atoms with van der Waals surface area (Å²) < 4.78 is 36.6. The van der Waals surface area contributed by atoms with Crippen molar-refractivity contribution in [1.82, 2.24) is 10.2 Å². The van der Waals surface area contributed by atoms with Gasteiger partial charge in [0.25, 0.3) is 0 Å². The van der Waals surface area contributed by atoms with Gasteiger partial charge in [0.2, 0.25) is 0 Å². The van der Waals surface area contributed by atoms with Gasteiger partial charge in [-0.3, -0.25) is 10.1 Å². The molecule has 0 amide bonds. The summed E-state index contributed by atoms with van der Waals surface area (Å²) in [5, 5.41) is 17.9.